The molecule has 0 spiro atoms. The normalized spacial score (nSPS) is 12.6. The SMILES string of the molecule is CCC(C)(CC)C(=O)/C=C(\O)C(C)(CC)CC.Cc1oc2c(-c3sc4c(-c5[c-]c6ccccc6c(C(C)(C)C)c5)nccc4c3C)cccc2c1CC(C)C.[Ir]. The number of hydrogen-bond acceptors (Lipinski definition) is 5. The van der Waals surface area contributed by atoms with Crippen LogP contribution in [0.25, 0.3) is 53.5 Å². The van der Waals surface area contributed by atoms with Crippen LogP contribution in [0, 0.1) is 36.7 Å². The van der Waals surface area contributed by atoms with Gasteiger partial charge in [-0.2, -0.15) is 0 Å². The monoisotopic (exact) mass is 949 g/mol. The Morgan fingerprint density at radius 1 is 0.875 bits per heavy atom. The number of aliphatic hydroxyl groups is 1. The maximum atomic E-state index is 12.2. The first-order valence-electron chi connectivity index (χ1n) is 20.2. The van der Waals surface area contributed by atoms with E-state index >= 15 is 0 Å². The summed E-state index contributed by atoms with van der Waals surface area (Å²) in [5.41, 5.74) is 7.56. The molecule has 4 nitrogen and oxygen atoms in total. The van der Waals surface area contributed by atoms with Gasteiger partial charge in [0, 0.05) is 75.0 Å². The number of fused-ring (bicyclic) bond motifs is 3. The van der Waals surface area contributed by atoms with Gasteiger partial charge in [-0.15, -0.1) is 40.5 Å². The average molecular weight is 949 g/mol. The third-order valence-corrected chi connectivity index (χ3v) is 13.5. The largest absolute Gasteiger partial charge is 0.512 e. The summed E-state index contributed by atoms with van der Waals surface area (Å²) in [5, 5.41) is 15.0. The molecule has 0 amide bonds. The molecule has 3 aromatic carbocycles. The fraction of sp³-hybridized carbons (Fsp3) is 0.440. The second-order valence-electron chi connectivity index (χ2n) is 17.3. The van der Waals surface area contributed by atoms with Gasteiger partial charge in [-0.3, -0.25) is 9.78 Å². The molecule has 3 aromatic heterocycles. The molecule has 0 aliphatic heterocycles. The van der Waals surface area contributed by atoms with Crippen LogP contribution in [0.15, 0.2) is 77.0 Å². The molecule has 3 heterocycles. The number of para-hydroxylation sites is 1. The molecule has 56 heavy (non-hydrogen) atoms. The molecule has 6 rings (SSSR count). The molecule has 0 aliphatic carbocycles. The molecule has 0 unspecified atom stereocenters. The van der Waals surface area contributed by atoms with E-state index < -0.39 is 0 Å². The van der Waals surface area contributed by atoms with Crippen LogP contribution < -0.4 is 0 Å². The molecule has 0 saturated heterocycles. The molecule has 0 fully saturated rings. The number of thiophene rings is 1. The number of nitrogens with zero attached hydrogens (tertiary/aromatic N) is 1. The Morgan fingerprint density at radius 3 is 2.11 bits per heavy atom. The van der Waals surface area contributed by atoms with Crippen molar-refractivity contribution in [3.63, 3.8) is 0 Å². The van der Waals surface area contributed by atoms with Crippen LogP contribution in [-0.2, 0) is 36.7 Å². The van der Waals surface area contributed by atoms with Crippen molar-refractivity contribution in [2.24, 2.45) is 16.7 Å². The van der Waals surface area contributed by atoms with Crippen LogP contribution in [0.1, 0.15) is 124 Å². The molecule has 1 radical (unpaired) electrons. The number of aryl methyl sites for hydroxylation is 2. The Labute approximate surface area is 353 Å². The Bertz CT molecular complexity index is 2340. The van der Waals surface area contributed by atoms with Gasteiger partial charge < -0.3 is 9.52 Å². The molecular weight excluding hydrogens is 887 g/mol. The van der Waals surface area contributed by atoms with E-state index in [2.05, 4.69) is 109 Å². The van der Waals surface area contributed by atoms with E-state index in [9.17, 15) is 9.90 Å². The number of furan rings is 1. The van der Waals surface area contributed by atoms with E-state index in [0.29, 0.717) is 5.92 Å². The number of aliphatic hydroxyl groups excluding tert-OH is 1. The third-order valence-electron chi connectivity index (χ3n) is 12.2. The van der Waals surface area contributed by atoms with Gasteiger partial charge in [0.2, 0.25) is 0 Å². The van der Waals surface area contributed by atoms with Gasteiger partial charge >= 0.3 is 0 Å². The molecule has 6 aromatic rings. The second kappa shape index (κ2) is 17.9. The molecule has 0 aliphatic rings. The molecule has 0 atom stereocenters. The summed E-state index contributed by atoms with van der Waals surface area (Å²) in [5.74, 6) is 1.89. The van der Waals surface area contributed by atoms with Crippen LogP contribution in [0.4, 0.5) is 0 Å². The topological polar surface area (TPSA) is 63.3 Å². The van der Waals surface area contributed by atoms with E-state index in [1.807, 2.05) is 59.1 Å². The Balaban J connectivity index is 0.000000330. The number of hydrogen-bond donors (Lipinski definition) is 1. The van der Waals surface area contributed by atoms with E-state index in [1.165, 1.54) is 54.1 Å². The zero-order valence-electron chi connectivity index (χ0n) is 35.9. The zero-order chi connectivity index (χ0) is 40.5. The summed E-state index contributed by atoms with van der Waals surface area (Å²) in [6.07, 6.45) is 7.72. The van der Waals surface area contributed by atoms with Crippen molar-refractivity contribution in [1.29, 1.82) is 0 Å². The van der Waals surface area contributed by atoms with Crippen LogP contribution in [0.5, 0.6) is 0 Å². The van der Waals surface area contributed by atoms with Crippen LogP contribution in [-0.4, -0.2) is 15.9 Å². The van der Waals surface area contributed by atoms with Gasteiger partial charge in [0.1, 0.15) is 17.1 Å². The minimum absolute atomic E-state index is 0. The number of rotatable bonds is 11. The van der Waals surface area contributed by atoms with Gasteiger partial charge in [0.05, 0.1) is 0 Å². The van der Waals surface area contributed by atoms with Gasteiger partial charge in [-0.25, -0.2) is 0 Å². The number of allylic oxidation sites excluding steroid dienone is 2. The van der Waals surface area contributed by atoms with Crippen molar-refractivity contribution in [2.45, 2.75) is 128 Å². The van der Waals surface area contributed by atoms with Crippen molar-refractivity contribution in [3.8, 4) is 21.7 Å². The molecular formula is C50H62IrNO3S-. The van der Waals surface area contributed by atoms with Gasteiger partial charge in [-0.05, 0) is 80.4 Å². The fourth-order valence-electron chi connectivity index (χ4n) is 7.39. The van der Waals surface area contributed by atoms with Crippen molar-refractivity contribution in [2.75, 3.05) is 0 Å². The first-order valence-corrected chi connectivity index (χ1v) is 21.0. The smallest absolute Gasteiger partial charge is 0.164 e. The fourth-order valence-corrected chi connectivity index (χ4v) is 8.72. The number of benzene rings is 3. The number of ketones is 1. The third kappa shape index (κ3) is 8.94. The quantitative estimate of drug-likeness (QED) is 0.0798. The van der Waals surface area contributed by atoms with Gasteiger partial charge in [0.25, 0.3) is 0 Å². The Morgan fingerprint density at radius 2 is 1.50 bits per heavy atom. The van der Waals surface area contributed by atoms with E-state index in [0.717, 1.165) is 60.1 Å². The van der Waals surface area contributed by atoms with Crippen molar-refractivity contribution in [1.82, 2.24) is 4.98 Å². The first kappa shape index (κ1) is 45.1. The number of carbonyl (C=O) groups is 1. The standard InChI is InChI=1S/C35H34NOS.C15H28O2.Ir/c1-20(2)17-29-22(4)37-32-27(29)13-10-14-28(32)33-21(3)25-15-16-36-31(34(25)38-33)24-18-23-11-8-9-12-26(23)30(19-24)35(5,6)7;1-7-14(5,8-2)12(16)11-13(17)15(6,9-3)10-4;/h8-16,19-20H,17H2,1-7H3;11,16H,7-10H2,1-6H3;/q-1;;/b;12-11-;. The molecule has 0 bridgehead atoms. The van der Waals surface area contributed by atoms with E-state index in [1.54, 1.807) is 0 Å². The first-order chi connectivity index (χ1) is 25.9. The van der Waals surface area contributed by atoms with Crippen LogP contribution >= 0.6 is 11.3 Å². The summed E-state index contributed by atoms with van der Waals surface area (Å²) in [7, 11) is 0. The average Bonchev–Trinajstić information content (AvgIpc) is 3.68. The van der Waals surface area contributed by atoms with Crippen LogP contribution in [0.2, 0.25) is 0 Å². The van der Waals surface area contributed by atoms with Crippen molar-refractivity contribution < 1.29 is 34.4 Å². The van der Waals surface area contributed by atoms with Crippen molar-refractivity contribution >= 4 is 48.9 Å². The summed E-state index contributed by atoms with van der Waals surface area (Å²) in [6.45, 7) is 27.8. The second-order valence-corrected chi connectivity index (χ2v) is 18.4. The molecule has 301 valence electrons. The predicted octanol–water partition coefficient (Wildman–Crippen LogP) is 15.1. The summed E-state index contributed by atoms with van der Waals surface area (Å²) in [6, 6.07) is 23.3. The Hall–Kier alpha value is -3.57. The summed E-state index contributed by atoms with van der Waals surface area (Å²) < 4.78 is 7.64. The minimum Gasteiger partial charge on any atom is -0.512 e. The van der Waals surface area contributed by atoms with Gasteiger partial charge in [-0.1, -0.05) is 117 Å². The van der Waals surface area contributed by atoms with E-state index in [4.69, 9.17) is 9.40 Å². The van der Waals surface area contributed by atoms with E-state index in [-0.39, 0.29) is 47.9 Å². The Kier molecular flexibility index (Phi) is 14.4. The molecule has 0 saturated carbocycles. The van der Waals surface area contributed by atoms with Crippen molar-refractivity contribution in [3.05, 3.63) is 101 Å². The number of pyridine rings is 1. The maximum absolute atomic E-state index is 12.2. The zero-order valence-corrected chi connectivity index (χ0v) is 39.1. The minimum atomic E-state index is -0.337. The number of aromatic nitrogens is 1. The number of carbonyl (C=O) groups excluding carboxylic acids is 1. The predicted molar refractivity (Wildman–Crippen MR) is 236 cm³/mol. The summed E-state index contributed by atoms with van der Waals surface area (Å²) in [4.78, 5) is 18.4. The van der Waals surface area contributed by atoms with Crippen LogP contribution in [0.3, 0.4) is 0 Å². The molecule has 6 heteroatoms. The summed E-state index contributed by atoms with van der Waals surface area (Å²) >= 11 is 1.82. The maximum Gasteiger partial charge on any atom is 0.164 e. The van der Waals surface area contributed by atoms with Gasteiger partial charge in [0.15, 0.2) is 5.78 Å². The molecule has 1 N–H and O–H groups in total.